The van der Waals surface area contributed by atoms with E-state index in [1.54, 1.807) is 17.2 Å². The molecule has 132 valence electrons. The maximum Gasteiger partial charge on any atom is 0.322 e. The van der Waals surface area contributed by atoms with Crippen LogP contribution in [0.3, 0.4) is 0 Å². The fraction of sp³-hybridized carbons (Fsp3) is 0.333. The van der Waals surface area contributed by atoms with Gasteiger partial charge in [0.05, 0.1) is 17.9 Å². The van der Waals surface area contributed by atoms with Gasteiger partial charge in [-0.15, -0.1) is 0 Å². The number of primary amides is 1. The zero-order chi connectivity index (χ0) is 17.8. The summed E-state index contributed by atoms with van der Waals surface area (Å²) < 4.78 is 19.1. The van der Waals surface area contributed by atoms with E-state index < -0.39 is 11.7 Å². The number of likely N-dealkylation sites (tertiary alicyclic amines) is 1. The highest BCUT2D eigenvalue weighted by atomic mass is 19.1. The first-order valence-electron chi connectivity index (χ1n) is 8.26. The van der Waals surface area contributed by atoms with E-state index in [-0.39, 0.29) is 17.6 Å². The summed E-state index contributed by atoms with van der Waals surface area (Å²) in [5.74, 6) is -0.848. The molecule has 1 aromatic carbocycles. The van der Waals surface area contributed by atoms with Gasteiger partial charge in [-0.25, -0.2) is 9.18 Å². The van der Waals surface area contributed by atoms with E-state index in [9.17, 15) is 14.0 Å². The van der Waals surface area contributed by atoms with E-state index in [0.29, 0.717) is 12.2 Å². The van der Waals surface area contributed by atoms with Crippen LogP contribution in [0.1, 0.15) is 47.8 Å². The number of nitrogens with one attached hydrogen (secondary N) is 1. The molecule has 1 unspecified atom stereocenters. The summed E-state index contributed by atoms with van der Waals surface area (Å²) in [6.07, 6.45) is 5.37. The van der Waals surface area contributed by atoms with Crippen LogP contribution in [-0.4, -0.2) is 23.4 Å². The van der Waals surface area contributed by atoms with E-state index in [1.165, 1.54) is 12.1 Å². The van der Waals surface area contributed by atoms with Crippen LogP contribution in [0, 0.1) is 5.82 Å². The Morgan fingerprint density at radius 3 is 2.80 bits per heavy atom. The number of furan rings is 1. The molecule has 1 aliphatic rings. The van der Waals surface area contributed by atoms with Gasteiger partial charge >= 0.3 is 6.03 Å². The average molecular weight is 345 g/mol. The SMILES string of the molecule is NC(=O)c1cc(NC(=O)N2CCCCCC2c2ccco2)ccc1F. The van der Waals surface area contributed by atoms with Gasteiger partial charge in [-0.05, 0) is 43.2 Å². The molecule has 3 N–H and O–H groups in total. The second kappa shape index (κ2) is 7.38. The van der Waals surface area contributed by atoms with E-state index >= 15 is 0 Å². The molecule has 6 nitrogen and oxygen atoms in total. The molecule has 3 rings (SSSR count). The first kappa shape index (κ1) is 17.0. The standard InChI is InChI=1S/C18H20FN3O3/c19-14-8-7-12(11-13(14)17(20)23)21-18(24)22-9-3-1-2-5-15(22)16-6-4-10-25-16/h4,6-8,10-11,15H,1-3,5,9H2,(H2,20,23)(H,21,24). The van der Waals surface area contributed by atoms with Gasteiger partial charge in [0.1, 0.15) is 11.6 Å². The number of nitrogens with zero attached hydrogens (tertiary/aromatic N) is 1. The molecule has 2 aromatic rings. The van der Waals surface area contributed by atoms with Gasteiger partial charge in [0.25, 0.3) is 5.91 Å². The quantitative estimate of drug-likeness (QED) is 0.889. The molecule has 1 aromatic heterocycles. The zero-order valence-electron chi connectivity index (χ0n) is 13.7. The molecule has 0 bridgehead atoms. The van der Waals surface area contributed by atoms with E-state index in [0.717, 1.165) is 37.5 Å². The van der Waals surface area contributed by atoms with Crippen LogP contribution in [0.5, 0.6) is 0 Å². The van der Waals surface area contributed by atoms with Crippen molar-refractivity contribution in [2.24, 2.45) is 5.73 Å². The molecule has 0 saturated carbocycles. The number of rotatable bonds is 3. The van der Waals surface area contributed by atoms with Crippen molar-refractivity contribution in [2.75, 3.05) is 11.9 Å². The predicted molar refractivity (Wildman–Crippen MR) is 90.6 cm³/mol. The number of urea groups is 1. The molecule has 0 radical (unpaired) electrons. The summed E-state index contributed by atoms with van der Waals surface area (Å²) in [6, 6.07) is 6.96. The summed E-state index contributed by atoms with van der Waals surface area (Å²) in [5, 5.41) is 2.72. The zero-order valence-corrected chi connectivity index (χ0v) is 13.7. The predicted octanol–water partition coefficient (Wildman–Crippen LogP) is 3.67. The first-order chi connectivity index (χ1) is 12.1. The lowest BCUT2D eigenvalue weighted by Gasteiger charge is -2.28. The lowest BCUT2D eigenvalue weighted by molar-refractivity contribution is 0.0996. The largest absolute Gasteiger partial charge is 0.467 e. The molecule has 1 atom stereocenters. The van der Waals surface area contributed by atoms with Crippen molar-refractivity contribution >= 4 is 17.6 Å². The highest BCUT2D eigenvalue weighted by molar-refractivity contribution is 5.96. The molecular weight excluding hydrogens is 325 g/mol. The van der Waals surface area contributed by atoms with Crippen molar-refractivity contribution in [1.82, 2.24) is 4.90 Å². The topological polar surface area (TPSA) is 88.6 Å². The third-order valence-corrected chi connectivity index (χ3v) is 4.37. The summed E-state index contributed by atoms with van der Waals surface area (Å²) in [4.78, 5) is 25.7. The van der Waals surface area contributed by atoms with Crippen LogP contribution in [0.25, 0.3) is 0 Å². The van der Waals surface area contributed by atoms with Gasteiger partial charge in [-0.2, -0.15) is 0 Å². The van der Waals surface area contributed by atoms with Crippen LogP contribution in [-0.2, 0) is 0 Å². The maximum absolute atomic E-state index is 13.6. The normalized spacial score (nSPS) is 17.8. The Balaban J connectivity index is 1.81. The summed E-state index contributed by atoms with van der Waals surface area (Å²) in [7, 11) is 0. The Hall–Kier alpha value is -2.83. The number of amides is 3. The molecule has 0 aliphatic carbocycles. The van der Waals surface area contributed by atoms with Crippen LogP contribution >= 0.6 is 0 Å². The number of hydrogen-bond acceptors (Lipinski definition) is 3. The molecule has 2 heterocycles. The van der Waals surface area contributed by atoms with Crippen molar-refractivity contribution in [1.29, 1.82) is 0 Å². The number of benzene rings is 1. The fourth-order valence-electron chi connectivity index (χ4n) is 3.12. The van der Waals surface area contributed by atoms with Crippen LogP contribution in [0.15, 0.2) is 41.0 Å². The molecule has 1 saturated heterocycles. The Bertz CT molecular complexity index is 761. The number of carbonyl (C=O) groups excluding carboxylic acids is 2. The van der Waals surface area contributed by atoms with Crippen molar-refractivity contribution in [3.63, 3.8) is 0 Å². The minimum absolute atomic E-state index is 0.145. The number of anilines is 1. The van der Waals surface area contributed by atoms with Crippen molar-refractivity contribution in [3.8, 4) is 0 Å². The fourth-order valence-corrected chi connectivity index (χ4v) is 3.12. The second-order valence-electron chi connectivity index (χ2n) is 6.06. The third kappa shape index (κ3) is 3.81. The van der Waals surface area contributed by atoms with Crippen LogP contribution in [0.4, 0.5) is 14.9 Å². The lowest BCUT2D eigenvalue weighted by atomic mass is 10.1. The summed E-state index contributed by atoms with van der Waals surface area (Å²) in [5.41, 5.74) is 5.22. The Morgan fingerprint density at radius 1 is 1.24 bits per heavy atom. The van der Waals surface area contributed by atoms with Gasteiger partial charge in [-0.3, -0.25) is 4.79 Å². The third-order valence-electron chi connectivity index (χ3n) is 4.37. The molecule has 1 fully saturated rings. The van der Waals surface area contributed by atoms with Gasteiger partial charge in [0.2, 0.25) is 0 Å². The van der Waals surface area contributed by atoms with E-state index in [4.69, 9.17) is 10.2 Å². The molecular formula is C18H20FN3O3. The van der Waals surface area contributed by atoms with Gasteiger partial charge in [0, 0.05) is 12.2 Å². The van der Waals surface area contributed by atoms with Crippen LogP contribution in [0.2, 0.25) is 0 Å². The molecule has 0 spiro atoms. The maximum atomic E-state index is 13.6. The van der Waals surface area contributed by atoms with Crippen molar-refractivity contribution in [3.05, 3.63) is 53.7 Å². The smallest absolute Gasteiger partial charge is 0.322 e. The van der Waals surface area contributed by atoms with Gasteiger partial charge < -0.3 is 20.4 Å². The monoisotopic (exact) mass is 345 g/mol. The first-order valence-corrected chi connectivity index (χ1v) is 8.26. The van der Waals surface area contributed by atoms with Crippen molar-refractivity contribution < 1.29 is 18.4 Å². The summed E-state index contributed by atoms with van der Waals surface area (Å²) in [6.45, 7) is 0.598. The average Bonchev–Trinajstić information content (AvgIpc) is 3.00. The minimum atomic E-state index is -0.878. The number of hydrogen-bond donors (Lipinski definition) is 2. The van der Waals surface area contributed by atoms with Crippen LogP contribution < -0.4 is 11.1 Å². The van der Waals surface area contributed by atoms with Gasteiger partial charge in [0.15, 0.2) is 0 Å². The minimum Gasteiger partial charge on any atom is -0.467 e. The Labute approximate surface area is 144 Å². The Morgan fingerprint density at radius 2 is 2.08 bits per heavy atom. The molecule has 1 aliphatic heterocycles. The Kier molecular flexibility index (Phi) is 5.02. The molecule has 7 heteroatoms. The lowest BCUT2D eigenvalue weighted by Crippen LogP contribution is -2.38. The highest BCUT2D eigenvalue weighted by Gasteiger charge is 2.28. The highest BCUT2D eigenvalue weighted by Crippen LogP contribution is 2.31. The number of nitrogens with two attached hydrogens (primary N) is 1. The van der Waals surface area contributed by atoms with Gasteiger partial charge in [-0.1, -0.05) is 12.8 Å². The van der Waals surface area contributed by atoms with E-state index in [2.05, 4.69) is 5.32 Å². The number of carbonyl (C=O) groups is 2. The second-order valence-corrected chi connectivity index (χ2v) is 6.06. The number of halogens is 1. The summed E-state index contributed by atoms with van der Waals surface area (Å²) >= 11 is 0. The van der Waals surface area contributed by atoms with Crippen molar-refractivity contribution in [2.45, 2.75) is 31.7 Å². The van der Waals surface area contributed by atoms with E-state index in [1.807, 2.05) is 6.07 Å². The molecule has 3 amide bonds. The molecule has 25 heavy (non-hydrogen) atoms.